The Bertz CT molecular complexity index is 4090. The van der Waals surface area contributed by atoms with Gasteiger partial charge in [-0.1, -0.05) is 59.1 Å². The summed E-state index contributed by atoms with van der Waals surface area (Å²) < 4.78 is 107. The average Bonchev–Trinajstić information content (AvgIpc) is 1.82. The van der Waals surface area contributed by atoms with Gasteiger partial charge in [-0.25, -0.2) is 26.5 Å². The molecule has 1 unspecified atom stereocenters. The molecule has 4 amide bonds. The molecule has 0 spiro atoms. The predicted octanol–water partition coefficient (Wildman–Crippen LogP) is 10.5. The third-order valence-corrected chi connectivity index (χ3v) is 22.6. The van der Waals surface area contributed by atoms with Gasteiger partial charge in [-0.15, -0.1) is 0 Å². The van der Waals surface area contributed by atoms with Crippen LogP contribution in [0.15, 0.2) is 117 Å². The van der Waals surface area contributed by atoms with Gasteiger partial charge in [0.25, 0.3) is 31.7 Å². The second kappa shape index (κ2) is 25.9. The molecule has 6 aromatic rings. The number of hydrogen-bond acceptors (Lipinski definition) is 15. The summed E-state index contributed by atoms with van der Waals surface area (Å²) in [5, 5.41) is 6.64. The molecule has 6 heterocycles. The van der Waals surface area contributed by atoms with E-state index >= 15 is 0 Å². The zero-order valence-corrected chi connectivity index (χ0v) is 54.4. The fraction of sp³-hybridized carbons (Fsp3) is 0.431. The number of piperidine rings is 1. The van der Waals surface area contributed by atoms with Crippen LogP contribution in [0.4, 0.5) is 24.5 Å². The topological polar surface area (TPSA) is 227 Å². The maximum absolute atomic E-state index is 14.4. The molecule has 1 saturated carbocycles. The van der Waals surface area contributed by atoms with E-state index in [4.69, 9.17) is 16.3 Å². The van der Waals surface area contributed by atoms with Crippen LogP contribution in [-0.2, 0) is 42.5 Å². The number of carbonyl (C=O) groups is 4. The summed E-state index contributed by atoms with van der Waals surface area (Å²) >= 11 is 9.92. The fourth-order valence-electron chi connectivity index (χ4n) is 13.7. The molecule has 12 rings (SSSR count). The summed E-state index contributed by atoms with van der Waals surface area (Å²) in [4.78, 5) is 68.3. The van der Waals surface area contributed by atoms with Crippen molar-refractivity contribution in [3.63, 3.8) is 0 Å². The van der Waals surface area contributed by atoms with Crippen molar-refractivity contribution in [2.75, 3.05) is 75.7 Å². The van der Waals surface area contributed by atoms with Crippen molar-refractivity contribution in [1.82, 2.24) is 39.6 Å². The van der Waals surface area contributed by atoms with Crippen LogP contribution in [0, 0.1) is 11.3 Å². The molecule has 2 aliphatic carbocycles. The lowest BCUT2D eigenvalue weighted by Crippen LogP contribution is -2.52. The first kappa shape index (κ1) is 64.2. The Morgan fingerprint density at radius 2 is 1.56 bits per heavy atom. The van der Waals surface area contributed by atoms with Crippen molar-refractivity contribution in [1.29, 1.82) is 0 Å². The molecule has 0 radical (unpaired) electrons. The number of halogens is 5. The molecule has 4 N–H and O–H groups in total. The van der Waals surface area contributed by atoms with Crippen LogP contribution in [-0.4, -0.2) is 153 Å². The third-order valence-electron chi connectivity index (χ3n) is 18.8. The molecule has 91 heavy (non-hydrogen) atoms. The van der Waals surface area contributed by atoms with Crippen LogP contribution in [0.1, 0.15) is 109 Å². The second-order valence-electron chi connectivity index (χ2n) is 25.5. The maximum atomic E-state index is 14.4. The molecule has 4 aromatic carbocycles. The number of aromatic nitrogens is 2. The number of carbonyl (C=O) groups excluding carboxylic acids is 4. The van der Waals surface area contributed by atoms with Crippen molar-refractivity contribution >= 4 is 99.0 Å². The normalized spacial score (nSPS) is 21.5. The number of imide groups is 1. The third kappa shape index (κ3) is 14.1. The molecule has 19 nitrogen and oxygen atoms in total. The van der Waals surface area contributed by atoms with E-state index in [1.54, 1.807) is 30.5 Å². The molecule has 4 fully saturated rings. The average molecular weight is 1370 g/mol. The smallest absolute Gasteiger partial charge is 0.455 e. The number of hydrogen-bond donors (Lipinski definition) is 4. The highest BCUT2D eigenvalue weighted by Gasteiger charge is 2.49. The summed E-state index contributed by atoms with van der Waals surface area (Å²) in [6, 6.07) is 22.1. The number of rotatable bonds is 17. The molecule has 2 aromatic heterocycles. The van der Waals surface area contributed by atoms with E-state index in [0.717, 1.165) is 106 Å². The largest absolute Gasteiger partial charge is 0.501 e. The van der Waals surface area contributed by atoms with Gasteiger partial charge in [0.1, 0.15) is 28.1 Å². The van der Waals surface area contributed by atoms with Crippen LogP contribution >= 0.6 is 27.5 Å². The van der Waals surface area contributed by atoms with Gasteiger partial charge in [-0.05, 0) is 152 Å². The van der Waals surface area contributed by atoms with E-state index in [1.807, 2.05) is 29.0 Å². The molecule has 482 valence electrons. The summed E-state index contributed by atoms with van der Waals surface area (Å²) in [6.07, 6.45) is 9.65. The van der Waals surface area contributed by atoms with E-state index in [1.165, 1.54) is 33.9 Å². The number of alkyl halides is 3. The van der Waals surface area contributed by atoms with E-state index < -0.39 is 58.7 Å². The number of fused-ring (bicyclic) bond motifs is 2. The molecule has 6 aliphatic rings. The molecular formula is C65H71BrClF3N10O9S2. The van der Waals surface area contributed by atoms with E-state index in [2.05, 4.69) is 82.1 Å². The standard InChI is InChI=1S/C65H71BrClF3N10O9S2/c1-64(2)19-17-44(52(34-64)42-5-7-45(67)8-6-42)38-77-23-27-79(28-24-77)47-11-13-50(57(32-47)89-48-31-43-18-20-71-60(43)73-36-48)61(82)75-91(87,88)49-12-14-55(58(33-49)90(85,86)65(68,69)70)72-35-40-3-9-46(10-4-40)78-25-21-76(22-26-78)37-41-29-51-53(54(66)30-41)39-80(63(51)84)56-15-16-59(81)74-62(56)83/h5-8,11-14,18,20,29-33,36,40,46,56,72H,3-4,9-10,15-17,19,21-28,34-35,37-39H2,1-2H3,(H,71,73)(H,75,82)(H,74,81,83). The Morgan fingerprint density at radius 1 is 0.835 bits per heavy atom. The van der Waals surface area contributed by atoms with E-state index in [-0.39, 0.29) is 72.2 Å². The number of nitrogens with zero attached hydrogens (tertiary/aromatic N) is 6. The van der Waals surface area contributed by atoms with Gasteiger partial charge in [0, 0.05) is 129 Å². The number of allylic oxidation sites excluding steroid dienone is 1. The number of aromatic amines is 1. The number of piperazine rings is 2. The fourth-order valence-corrected chi connectivity index (χ4v) is 16.4. The van der Waals surface area contributed by atoms with E-state index in [9.17, 15) is 49.2 Å². The Morgan fingerprint density at radius 3 is 2.29 bits per heavy atom. The summed E-state index contributed by atoms with van der Waals surface area (Å²) in [7, 11) is -11.2. The number of pyridine rings is 1. The lowest BCUT2D eigenvalue weighted by atomic mass is 9.72. The zero-order valence-electron chi connectivity index (χ0n) is 50.4. The van der Waals surface area contributed by atoms with Gasteiger partial charge in [-0.2, -0.15) is 13.2 Å². The molecule has 4 aliphatic heterocycles. The number of sulfonamides is 1. The van der Waals surface area contributed by atoms with Gasteiger partial charge < -0.3 is 24.8 Å². The van der Waals surface area contributed by atoms with Crippen LogP contribution in [0.25, 0.3) is 16.6 Å². The van der Waals surface area contributed by atoms with Crippen molar-refractivity contribution in [3.8, 4) is 11.5 Å². The monoisotopic (exact) mass is 1370 g/mol. The van der Waals surface area contributed by atoms with Gasteiger partial charge in [-0.3, -0.25) is 39.2 Å². The number of H-pyrrole nitrogens is 1. The molecular weight excluding hydrogens is 1300 g/mol. The minimum Gasteiger partial charge on any atom is -0.455 e. The maximum Gasteiger partial charge on any atom is 0.501 e. The van der Waals surface area contributed by atoms with E-state index in [0.29, 0.717) is 65.8 Å². The minimum atomic E-state index is -6.12. The Balaban J connectivity index is 0.680. The predicted molar refractivity (Wildman–Crippen MR) is 343 cm³/mol. The van der Waals surface area contributed by atoms with Crippen molar-refractivity contribution in [2.24, 2.45) is 11.3 Å². The van der Waals surface area contributed by atoms with Gasteiger partial charge in [0.05, 0.1) is 22.3 Å². The number of nitrogens with one attached hydrogen (secondary N) is 4. The van der Waals surface area contributed by atoms with Crippen molar-refractivity contribution in [3.05, 3.63) is 140 Å². The Kier molecular flexibility index (Phi) is 18.3. The van der Waals surface area contributed by atoms with Gasteiger partial charge in [0.2, 0.25) is 11.8 Å². The highest BCUT2D eigenvalue weighted by atomic mass is 79.9. The number of anilines is 2. The lowest BCUT2D eigenvalue weighted by Gasteiger charge is -2.42. The highest BCUT2D eigenvalue weighted by molar-refractivity contribution is 9.10. The molecule has 26 heteroatoms. The molecule has 3 saturated heterocycles. The molecule has 0 bridgehead atoms. The van der Waals surface area contributed by atoms with Crippen LogP contribution in [0.2, 0.25) is 5.02 Å². The number of benzene rings is 4. The minimum absolute atomic E-state index is 0.0243. The SMILES string of the molecule is CC1(C)CCC(CN2CCN(c3ccc(C(=O)NS(=O)(=O)c4ccc(NCC5CCC(N6CCN(Cc7cc(Br)c8c(c7)C(=O)N(C7CCC(=O)NC7=O)C8)CC6)CC5)c(S(=O)(=O)C(F)(F)F)c4)c(Oc4cnc5[nH]ccc5c4)c3)CC2)=C(c2ccc(Cl)cc2)C1. The first-order valence-corrected chi connectivity index (χ1v) is 34.9. The Labute approximate surface area is 540 Å². The second-order valence-corrected chi connectivity index (χ2v) is 30.4. The Hall–Kier alpha value is -6.87. The number of amides is 4. The number of sulfone groups is 1. The highest BCUT2D eigenvalue weighted by Crippen LogP contribution is 2.44. The van der Waals surface area contributed by atoms with Crippen LogP contribution in [0.3, 0.4) is 0 Å². The van der Waals surface area contributed by atoms with Crippen molar-refractivity contribution < 1.29 is 53.9 Å². The summed E-state index contributed by atoms with van der Waals surface area (Å²) in [6.45, 7) is 12.3. The summed E-state index contributed by atoms with van der Waals surface area (Å²) in [5.74, 6) is -2.03. The van der Waals surface area contributed by atoms with Crippen molar-refractivity contribution in [2.45, 2.75) is 112 Å². The van der Waals surface area contributed by atoms with Gasteiger partial charge >= 0.3 is 5.51 Å². The van der Waals surface area contributed by atoms with Crippen LogP contribution in [0.5, 0.6) is 11.5 Å². The van der Waals surface area contributed by atoms with Gasteiger partial charge in [0.15, 0.2) is 0 Å². The molecule has 1 atom stereocenters. The first-order chi connectivity index (χ1) is 43.3. The number of ether oxygens (including phenoxy) is 1. The summed E-state index contributed by atoms with van der Waals surface area (Å²) in [5.41, 5.74) is 1.27. The quantitative estimate of drug-likeness (QED) is 0.0623. The zero-order chi connectivity index (χ0) is 64.1. The van der Waals surface area contributed by atoms with Crippen LogP contribution < -0.4 is 25.0 Å². The lowest BCUT2D eigenvalue weighted by molar-refractivity contribution is -0.136. The first-order valence-electron chi connectivity index (χ1n) is 30.7.